The Kier molecular flexibility index (Phi) is 3.71. The lowest BCUT2D eigenvalue weighted by Crippen LogP contribution is -2.13. The summed E-state index contributed by atoms with van der Waals surface area (Å²) >= 11 is 3.41. The first-order chi connectivity index (χ1) is 8.97. The summed E-state index contributed by atoms with van der Waals surface area (Å²) in [5.41, 5.74) is 12.3. The highest BCUT2D eigenvalue weighted by Gasteiger charge is 2.09. The van der Waals surface area contributed by atoms with Crippen molar-refractivity contribution in [2.45, 2.75) is 6.92 Å². The molecule has 0 atom stereocenters. The van der Waals surface area contributed by atoms with Gasteiger partial charge in [-0.05, 0) is 30.7 Å². The number of pyridine rings is 1. The number of amides is 1. The van der Waals surface area contributed by atoms with Crippen LogP contribution >= 0.6 is 15.9 Å². The van der Waals surface area contributed by atoms with E-state index in [1.807, 2.05) is 19.1 Å². The quantitative estimate of drug-likeness (QED) is 0.909. The van der Waals surface area contributed by atoms with Gasteiger partial charge < -0.3 is 16.2 Å². The van der Waals surface area contributed by atoms with Crippen molar-refractivity contribution in [1.29, 1.82) is 0 Å². The van der Waals surface area contributed by atoms with Crippen molar-refractivity contribution in [3.05, 3.63) is 46.1 Å². The van der Waals surface area contributed by atoms with Crippen LogP contribution in [0.15, 0.2) is 34.9 Å². The maximum Gasteiger partial charge on any atom is 0.251 e. The van der Waals surface area contributed by atoms with Gasteiger partial charge >= 0.3 is 0 Å². The van der Waals surface area contributed by atoms with Crippen molar-refractivity contribution in [3.8, 4) is 11.6 Å². The molecule has 0 aliphatic carbocycles. The molecular formula is C13H12BrN3O2. The van der Waals surface area contributed by atoms with Gasteiger partial charge in [0.1, 0.15) is 5.75 Å². The Labute approximate surface area is 118 Å². The van der Waals surface area contributed by atoms with Crippen molar-refractivity contribution in [2.24, 2.45) is 5.73 Å². The topological polar surface area (TPSA) is 91.2 Å². The molecule has 0 aliphatic heterocycles. The van der Waals surface area contributed by atoms with Gasteiger partial charge in [-0.3, -0.25) is 4.79 Å². The first kappa shape index (κ1) is 13.4. The second-order valence-electron chi connectivity index (χ2n) is 3.99. The number of aryl methyl sites for hydroxylation is 1. The van der Waals surface area contributed by atoms with E-state index in [9.17, 15) is 4.79 Å². The van der Waals surface area contributed by atoms with E-state index in [1.165, 1.54) is 12.3 Å². The molecule has 19 heavy (non-hydrogen) atoms. The molecule has 98 valence electrons. The molecule has 2 rings (SSSR count). The van der Waals surface area contributed by atoms with Crippen LogP contribution in [-0.4, -0.2) is 10.9 Å². The highest BCUT2D eigenvalue weighted by Crippen LogP contribution is 2.26. The van der Waals surface area contributed by atoms with Crippen molar-refractivity contribution in [2.75, 3.05) is 5.73 Å². The van der Waals surface area contributed by atoms with Gasteiger partial charge in [0.2, 0.25) is 5.88 Å². The standard InChI is InChI=1S/C13H12BrN3O2/c1-7-4-8(2-3-10(7)14)19-12-5-9(13(16)18)11(15)6-17-12/h2-6H,15H2,1H3,(H2,16,18). The maximum absolute atomic E-state index is 11.2. The van der Waals surface area contributed by atoms with Gasteiger partial charge in [-0.1, -0.05) is 15.9 Å². The van der Waals surface area contributed by atoms with Gasteiger partial charge in [-0.25, -0.2) is 4.98 Å². The largest absolute Gasteiger partial charge is 0.439 e. The van der Waals surface area contributed by atoms with E-state index in [4.69, 9.17) is 16.2 Å². The molecule has 5 nitrogen and oxygen atoms in total. The maximum atomic E-state index is 11.2. The second-order valence-corrected chi connectivity index (χ2v) is 4.84. The summed E-state index contributed by atoms with van der Waals surface area (Å²) in [6.07, 6.45) is 1.35. The molecule has 4 N–H and O–H groups in total. The zero-order valence-corrected chi connectivity index (χ0v) is 11.8. The van der Waals surface area contributed by atoms with Crippen molar-refractivity contribution in [3.63, 3.8) is 0 Å². The van der Waals surface area contributed by atoms with Crippen LogP contribution in [0.25, 0.3) is 0 Å². The normalized spacial score (nSPS) is 10.2. The Morgan fingerprint density at radius 2 is 2.11 bits per heavy atom. The summed E-state index contributed by atoms with van der Waals surface area (Å²) in [4.78, 5) is 15.2. The molecular weight excluding hydrogens is 310 g/mol. The molecule has 2 aromatic rings. The van der Waals surface area contributed by atoms with Crippen LogP contribution in [0.3, 0.4) is 0 Å². The van der Waals surface area contributed by atoms with Crippen molar-refractivity contribution < 1.29 is 9.53 Å². The fourth-order valence-corrected chi connectivity index (χ4v) is 1.76. The van der Waals surface area contributed by atoms with Crippen LogP contribution in [0.1, 0.15) is 15.9 Å². The number of rotatable bonds is 3. The van der Waals surface area contributed by atoms with Gasteiger partial charge in [0, 0.05) is 10.5 Å². The van der Waals surface area contributed by atoms with Gasteiger partial charge in [0.05, 0.1) is 17.4 Å². The third kappa shape index (κ3) is 3.03. The number of carbonyl (C=O) groups is 1. The van der Waals surface area contributed by atoms with E-state index in [0.717, 1.165) is 10.0 Å². The Balaban J connectivity index is 2.30. The summed E-state index contributed by atoms with van der Waals surface area (Å²) < 4.78 is 6.55. The number of nitrogen functional groups attached to an aromatic ring is 1. The molecule has 1 aromatic carbocycles. The molecule has 0 saturated heterocycles. The van der Waals surface area contributed by atoms with E-state index in [0.29, 0.717) is 5.75 Å². The van der Waals surface area contributed by atoms with E-state index in [1.54, 1.807) is 6.07 Å². The summed E-state index contributed by atoms with van der Waals surface area (Å²) in [7, 11) is 0. The molecule has 0 spiro atoms. The molecule has 0 fully saturated rings. The number of aromatic nitrogens is 1. The predicted octanol–water partition coefficient (Wildman–Crippen LogP) is 2.63. The van der Waals surface area contributed by atoms with E-state index in [-0.39, 0.29) is 17.1 Å². The molecule has 1 amide bonds. The van der Waals surface area contributed by atoms with Gasteiger partial charge in [0.25, 0.3) is 5.91 Å². The number of anilines is 1. The summed E-state index contributed by atoms with van der Waals surface area (Å²) in [6.45, 7) is 1.95. The fraction of sp³-hybridized carbons (Fsp3) is 0.0769. The Morgan fingerprint density at radius 3 is 2.74 bits per heavy atom. The number of nitrogens with zero attached hydrogens (tertiary/aromatic N) is 1. The number of hydrogen-bond donors (Lipinski definition) is 2. The molecule has 1 aromatic heterocycles. The van der Waals surface area contributed by atoms with E-state index in [2.05, 4.69) is 20.9 Å². The predicted molar refractivity (Wildman–Crippen MR) is 76.1 cm³/mol. The third-order valence-electron chi connectivity index (χ3n) is 2.53. The zero-order valence-electron chi connectivity index (χ0n) is 10.2. The summed E-state index contributed by atoms with van der Waals surface area (Å²) in [6, 6.07) is 6.94. The zero-order chi connectivity index (χ0) is 14.0. The van der Waals surface area contributed by atoms with Crippen LogP contribution < -0.4 is 16.2 Å². The van der Waals surface area contributed by atoms with Crippen LogP contribution in [0.2, 0.25) is 0 Å². The van der Waals surface area contributed by atoms with Crippen molar-refractivity contribution in [1.82, 2.24) is 4.98 Å². The minimum atomic E-state index is -0.614. The number of carbonyl (C=O) groups excluding carboxylic acids is 1. The van der Waals surface area contributed by atoms with Gasteiger partial charge in [-0.2, -0.15) is 0 Å². The number of halogens is 1. The molecule has 0 bridgehead atoms. The number of primary amides is 1. The Morgan fingerprint density at radius 1 is 1.37 bits per heavy atom. The Bertz CT molecular complexity index is 644. The lowest BCUT2D eigenvalue weighted by atomic mass is 10.2. The number of hydrogen-bond acceptors (Lipinski definition) is 4. The van der Waals surface area contributed by atoms with E-state index >= 15 is 0 Å². The minimum absolute atomic E-state index is 0.193. The number of ether oxygens (including phenoxy) is 1. The minimum Gasteiger partial charge on any atom is -0.439 e. The molecule has 0 radical (unpaired) electrons. The fourth-order valence-electron chi connectivity index (χ4n) is 1.52. The van der Waals surface area contributed by atoms with E-state index < -0.39 is 5.91 Å². The average Bonchev–Trinajstić information content (AvgIpc) is 2.36. The van der Waals surface area contributed by atoms with Crippen LogP contribution in [0.5, 0.6) is 11.6 Å². The van der Waals surface area contributed by atoms with Gasteiger partial charge in [0.15, 0.2) is 0 Å². The second kappa shape index (κ2) is 5.27. The first-order valence-corrected chi connectivity index (χ1v) is 6.26. The lowest BCUT2D eigenvalue weighted by molar-refractivity contribution is 0.100. The number of benzene rings is 1. The van der Waals surface area contributed by atoms with Crippen LogP contribution in [-0.2, 0) is 0 Å². The smallest absolute Gasteiger partial charge is 0.251 e. The monoisotopic (exact) mass is 321 g/mol. The van der Waals surface area contributed by atoms with Crippen LogP contribution in [0.4, 0.5) is 5.69 Å². The Hall–Kier alpha value is -2.08. The van der Waals surface area contributed by atoms with Crippen molar-refractivity contribution >= 4 is 27.5 Å². The highest BCUT2D eigenvalue weighted by molar-refractivity contribution is 9.10. The first-order valence-electron chi connectivity index (χ1n) is 5.46. The van der Waals surface area contributed by atoms with Crippen LogP contribution in [0, 0.1) is 6.92 Å². The molecule has 0 unspecified atom stereocenters. The number of nitrogens with two attached hydrogens (primary N) is 2. The SMILES string of the molecule is Cc1cc(Oc2cc(C(N)=O)c(N)cn2)ccc1Br. The summed E-state index contributed by atoms with van der Waals surface area (Å²) in [5, 5.41) is 0. The third-order valence-corrected chi connectivity index (χ3v) is 3.42. The summed E-state index contributed by atoms with van der Waals surface area (Å²) in [5.74, 6) is 0.273. The molecule has 6 heteroatoms. The average molecular weight is 322 g/mol. The molecule has 1 heterocycles. The molecule has 0 saturated carbocycles. The van der Waals surface area contributed by atoms with Gasteiger partial charge in [-0.15, -0.1) is 0 Å². The lowest BCUT2D eigenvalue weighted by Gasteiger charge is -2.08. The molecule has 0 aliphatic rings. The highest BCUT2D eigenvalue weighted by atomic mass is 79.9.